The summed E-state index contributed by atoms with van der Waals surface area (Å²) in [7, 11) is 1.56. The van der Waals surface area contributed by atoms with E-state index in [0.717, 1.165) is 0 Å². The summed E-state index contributed by atoms with van der Waals surface area (Å²) < 4.78 is 9.28. The van der Waals surface area contributed by atoms with Crippen LogP contribution in [-0.2, 0) is 14.3 Å². The molecule has 0 bridgehead atoms. The fourth-order valence-electron chi connectivity index (χ4n) is 0.431. The molecular formula is C7H12O3. The van der Waals surface area contributed by atoms with Gasteiger partial charge in [0.25, 0.3) is 0 Å². The summed E-state index contributed by atoms with van der Waals surface area (Å²) in [5.74, 6) is -0.320. The van der Waals surface area contributed by atoms with Crippen LogP contribution in [0.1, 0.15) is 6.92 Å². The molecule has 0 aliphatic carbocycles. The average Bonchev–Trinajstić information content (AvgIpc) is 1.89. The Hall–Kier alpha value is -0.830. The zero-order chi connectivity index (χ0) is 7.82. The molecule has 0 heterocycles. The Bertz CT molecular complexity index is 118. The summed E-state index contributed by atoms with van der Waals surface area (Å²) in [5, 5.41) is 0. The van der Waals surface area contributed by atoms with Gasteiger partial charge in [-0.15, -0.1) is 0 Å². The van der Waals surface area contributed by atoms with Crippen LogP contribution in [0.15, 0.2) is 12.2 Å². The molecule has 0 aromatic carbocycles. The van der Waals surface area contributed by atoms with Gasteiger partial charge in [0.15, 0.2) is 0 Å². The van der Waals surface area contributed by atoms with Gasteiger partial charge in [0.2, 0.25) is 0 Å². The van der Waals surface area contributed by atoms with Gasteiger partial charge in [-0.1, -0.05) is 6.08 Å². The molecule has 3 nitrogen and oxygen atoms in total. The van der Waals surface area contributed by atoms with Gasteiger partial charge in [0, 0.05) is 13.2 Å². The van der Waals surface area contributed by atoms with E-state index in [9.17, 15) is 4.79 Å². The van der Waals surface area contributed by atoms with Crippen LogP contribution < -0.4 is 0 Å². The van der Waals surface area contributed by atoms with Crippen LogP contribution in [0.25, 0.3) is 0 Å². The first-order chi connectivity index (χ1) is 4.81. The van der Waals surface area contributed by atoms with Gasteiger partial charge in [-0.05, 0) is 6.92 Å². The highest BCUT2D eigenvalue weighted by Gasteiger charge is 1.90. The minimum Gasteiger partial charge on any atom is -0.463 e. The van der Waals surface area contributed by atoms with Gasteiger partial charge in [-0.25, -0.2) is 4.79 Å². The molecule has 0 aromatic rings. The fourth-order valence-corrected chi connectivity index (χ4v) is 0.431. The first kappa shape index (κ1) is 9.17. The van der Waals surface area contributed by atoms with E-state index in [0.29, 0.717) is 13.2 Å². The third-order valence-corrected chi connectivity index (χ3v) is 0.803. The molecule has 0 fully saturated rings. The van der Waals surface area contributed by atoms with E-state index in [2.05, 4.69) is 9.47 Å². The lowest BCUT2D eigenvalue weighted by Gasteiger charge is -1.93. The number of rotatable bonds is 4. The zero-order valence-corrected chi connectivity index (χ0v) is 6.29. The molecule has 0 rings (SSSR count). The molecule has 58 valence electrons. The molecule has 0 saturated heterocycles. The van der Waals surface area contributed by atoms with E-state index in [1.165, 1.54) is 6.08 Å². The molecule has 0 aromatic heterocycles. The minimum atomic E-state index is -0.320. The standard InChI is InChI=1S/C7H12O3/c1-3-10-7(8)5-4-6-9-2/h4-5H,3,6H2,1-2H3/b5-4+. The lowest BCUT2D eigenvalue weighted by molar-refractivity contribution is -0.137. The van der Waals surface area contributed by atoms with Crippen molar-refractivity contribution in [3.05, 3.63) is 12.2 Å². The van der Waals surface area contributed by atoms with Crippen LogP contribution in [0.5, 0.6) is 0 Å². The molecular weight excluding hydrogens is 132 g/mol. The molecule has 0 atom stereocenters. The fraction of sp³-hybridized carbons (Fsp3) is 0.571. The quantitative estimate of drug-likeness (QED) is 0.431. The molecule has 0 unspecified atom stereocenters. The van der Waals surface area contributed by atoms with E-state index >= 15 is 0 Å². The molecule has 0 saturated carbocycles. The van der Waals surface area contributed by atoms with Crippen LogP contribution in [0.2, 0.25) is 0 Å². The highest BCUT2D eigenvalue weighted by molar-refractivity contribution is 5.81. The first-order valence-electron chi connectivity index (χ1n) is 3.13. The third kappa shape index (κ3) is 5.31. The van der Waals surface area contributed by atoms with E-state index in [4.69, 9.17) is 0 Å². The van der Waals surface area contributed by atoms with Crippen molar-refractivity contribution in [1.82, 2.24) is 0 Å². The van der Waals surface area contributed by atoms with Gasteiger partial charge in [0.05, 0.1) is 13.2 Å². The maximum absolute atomic E-state index is 10.6. The summed E-state index contributed by atoms with van der Waals surface area (Å²) in [6.45, 7) is 2.62. The molecule has 0 amide bonds. The Labute approximate surface area is 60.6 Å². The normalized spacial score (nSPS) is 10.2. The number of ether oxygens (including phenoxy) is 2. The molecule has 0 aliphatic heterocycles. The number of esters is 1. The number of carbonyl (C=O) groups is 1. The van der Waals surface area contributed by atoms with E-state index < -0.39 is 0 Å². The minimum absolute atomic E-state index is 0.320. The number of methoxy groups -OCH3 is 1. The first-order valence-corrected chi connectivity index (χ1v) is 3.13. The van der Waals surface area contributed by atoms with Gasteiger partial charge < -0.3 is 9.47 Å². The van der Waals surface area contributed by atoms with E-state index in [1.54, 1.807) is 20.1 Å². The van der Waals surface area contributed by atoms with Crippen LogP contribution in [0, 0.1) is 0 Å². The average molecular weight is 144 g/mol. The molecule has 0 aliphatic rings. The Kier molecular flexibility index (Phi) is 5.77. The monoisotopic (exact) mass is 144 g/mol. The highest BCUT2D eigenvalue weighted by atomic mass is 16.5. The van der Waals surface area contributed by atoms with Crippen molar-refractivity contribution in [3.63, 3.8) is 0 Å². The topological polar surface area (TPSA) is 35.5 Å². The molecule has 0 spiro atoms. The second-order valence-electron chi connectivity index (χ2n) is 1.61. The van der Waals surface area contributed by atoms with Gasteiger partial charge >= 0.3 is 5.97 Å². The lowest BCUT2D eigenvalue weighted by Crippen LogP contribution is -1.99. The van der Waals surface area contributed by atoms with Crippen LogP contribution >= 0.6 is 0 Å². The SMILES string of the molecule is CCOC(=O)/C=C/COC. The molecule has 3 heteroatoms. The second-order valence-corrected chi connectivity index (χ2v) is 1.61. The number of hydrogen-bond acceptors (Lipinski definition) is 3. The van der Waals surface area contributed by atoms with Crippen molar-refractivity contribution in [2.24, 2.45) is 0 Å². The molecule has 0 radical (unpaired) electrons. The maximum Gasteiger partial charge on any atom is 0.330 e. The Morgan fingerprint density at radius 3 is 2.80 bits per heavy atom. The van der Waals surface area contributed by atoms with Crippen LogP contribution in [-0.4, -0.2) is 26.3 Å². The Morgan fingerprint density at radius 2 is 2.30 bits per heavy atom. The van der Waals surface area contributed by atoms with Crippen molar-refractivity contribution in [3.8, 4) is 0 Å². The highest BCUT2D eigenvalue weighted by Crippen LogP contribution is 1.80. The molecule has 10 heavy (non-hydrogen) atoms. The summed E-state index contributed by atoms with van der Waals surface area (Å²) in [5.41, 5.74) is 0. The molecule has 0 N–H and O–H groups in total. The zero-order valence-electron chi connectivity index (χ0n) is 6.29. The van der Waals surface area contributed by atoms with E-state index in [-0.39, 0.29) is 5.97 Å². The van der Waals surface area contributed by atoms with Crippen molar-refractivity contribution >= 4 is 5.97 Å². The summed E-state index contributed by atoms with van der Waals surface area (Å²) in [6, 6.07) is 0. The largest absolute Gasteiger partial charge is 0.463 e. The van der Waals surface area contributed by atoms with Crippen molar-refractivity contribution in [1.29, 1.82) is 0 Å². The lowest BCUT2D eigenvalue weighted by atomic mass is 10.5. The summed E-state index contributed by atoms with van der Waals surface area (Å²) in [4.78, 5) is 10.6. The summed E-state index contributed by atoms with van der Waals surface area (Å²) >= 11 is 0. The Balaban J connectivity index is 3.36. The second kappa shape index (κ2) is 6.29. The van der Waals surface area contributed by atoms with Crippen molar-refractivity contribution in [2.45, 2.75) is 6.92 Å². The smallest absolute Gasteiger partial charge is 0.330 e. The maximum atomic E-state index is 10.6. The summed E-state index contributed by atoms with van der Waals surface area (Å²) in [6.07, 6.45) is 2.96. The van der Waals surface area contributed by atoms with Crippen LogP contribution in [0.3, 0.4) is 0 Å². The number of carbonyl (C=O) groups excluding carboxylic acids is 1. The van der Waals surface area contributed by atoms with Gasteiger partial charge in [-0.2, -0.15) is 0 Å². The predicted octanol–water partition coefficient (Wildman–Crippen LogP) is 0.752. The van der Waals surface area contributed by atoms with Crippen molar-refractivity contribution < 1.29 is 14.3 Å². The third-order valence-electron chi connectivity index (χ3n) is 0.803. The van der Waals surface area contributed by atoms with E-state index in [1.807, 2.05) is 0 Å². The van der Waals surface area contributed by atoms with Crippen molar-refractivity contribution in [2.75, 3.05) is 20.3 Å². The van der Waals surface area contributed by atoms with Crippen LogP contribution in [0.4, 0.5) is 0 Å². The van der Waals surface area contributed by atoms with Gasteiger partial charge in [0.1, 0.15) is 0 Å². The van der Waals surface area contributed by atoms with Gasteiger partial charge in [-0.3, -0.25) is 0 Å². The number of hydrogen-bond donors (Lipinski definition) is 0. The Morgan fingerprint density at radius 1 is 1.60 bits per heavy atom. The predicted molar refractivity (Wildman–Crippen MR) is 37.6 cm³/mol.